The molecule has 0 amide bonds. The highest BCUT2D eigenvalue weighted by atomic mass is 15.2. The van der Waals surface area contributed by atoms with E-state index in [4.69, 9.17) is 0 Å². The molecule has 0 aromatic rings. The maximum atomic E-state index is 3.56. The fourth-order valence-electron chi connectivity index (χ4n) is 2.75. The summed E-state index contributed by atoms with van der Waals surface area (Å²) in [5, 5.41) is 3.56. The summed E-state index contributed by atoms with van der Waals surface area (Å²) in [6.45, 7) is 7.34. The Kier molecular flexibility index (Phi) is 4.21. The van der Waals surface area contributed by atoms with Crippen molar-refractivity contribution in [3.05, 3.63) is 12.2 Å². The van der Waals surface area contributed by atoms with Gasteiger partial charge in [0.15, 0.2) is 0 Å². The summed E-state index contributed by atoms with van der Waals surface area (Å²) in [6.07, 6.45) is 10.0. The highest BCUT2D eigenvalue weighted by Gasteiger charge is 2.18. The summed E-state index contributed by atoms with van der Waals surface area (Å²) in [5.41, 5.74) is 0. The molecule has 1 heterocycles. The van der Waals surface area contributed by atoms with Crippen molar-refractivity contribution >= 4 is 0 Å². The van der Waals surface area contributed by atoms with Crippen LogP contribution in [0.25, 0.3) is 0 Å². The Balaban J connectivity index is 1.79. The SMILES string of the molecule is CC1CN(CC2CC=CCC2)CCCN1. The van der Waals surface area contributed by atoms with Gasteiger partial charge in [0, 0.05) is 19.1 Å². The van der Waals surface area contributed by atoms with Gasteiger partial charge in [-0.05, 0) is 51.6 Å². The van der Waals surface area contributed by atoms with Gasteiger partial charge in [-0.25, -0.2) is 0 Å². The maximum absolute atomic E-state index is 3.56. The molecule has 86 valence electrons. The third-order valence-electron chi connectivity index (χ3n) is 3.57. The van der Waals surface area contributed by atoms with Crippen LogP contribution in [0.1, 0.15) is 32.6 Å². The normalized spacial score (nSPS) is 33.9. The number of allylic oxidation sites excluding steroid dienone is 2. The molecule has 1 saturated heterocycles. The smallest absolute Gasteiger partial charge is 0.0166 e. The van der Waals surface area contributed by atoms with Gasteiger partial charge in [-0.3, -0.25) is 0 Å². The average Bonchev–Trinajstić information content (AvgIpc) is 2.44. The molecule has 2 unspecified atom stereocenters. The van der Waals surface area contributed by atoms with Crippen molar-refractivity contribution in [2.24, 2.45) is 5.92 Å². The fraction of sp³-hybridized carbons (Fsp3) is 0.846. The molecule has 2 nitrogen and oxygen atoms in total. The first-order chi connectivity index (χ1) is 7.34. The van der Waals surface area contributed by atoms with Gasteiger partial charge < -0.3 is 10.2 Å². The van der Waals surface area contributed by atoms with Gasteiger partial charge in [0.2, 0.25) is 0 Å². The Morgan fingerprint density at radius 2 is 2.33 bits per heavy atom. The minimum atomic E-state index is 0.673. The van der Waals surface area contributed by atoms with Crippen LogP contribution in [-0.2, 0) is 0 Å². The Morgan fingerprint density at radius 3 is 3.13 bits per heavy atom. The largest absolute Gasteiger partial charge is 0.313 e. The van der Waals surface area contributed by atoms with Gasteiger partial charge in [0.25, 0.3) is 0 Å². The summed E-state index contributed by atoms with van der Waals surface area (Å²) in [4.78, 5) is 2.66. The molecule has 2 aliphatic rings. The van der Waals surface area contributed by atoms with Crippen LogP contribution >= 0.6 is 0 Å². The molecule has 2 heteroatoms. The predicted molar refractivity (Wildman–Crippen MR) is 65.0 cm³/mol. The van der Waals surface area contributed by atoms with Crippen molar-refractivity contribution in [1.29, 1.82) is 0 Å². The number of hydrogen-bond acceptors (Lipinski definition) is 2. The lowest BCUT2D eigenvalue weighted by Gasteiger charge is -2.28. The molecule has 0 radical (unpaired) electrons. The minimum absolute atomic E-state index is 0.673. The first kappa shape index (κ1) is 11.2. The second kappa shape index (κ2) is 5.66. The van der Waals surface area contributed by atoms with E-state index in [1.165, 1.54) is 51.9 Å². The number of nitrogens with zero attached hydrogens (tertiary/aromatic N) is 1. The molecule has 2 rings (SSSR count). The Morgan fingerprint density at radius 1 is 1.40 bits per heavy atom. The molecule has 1 aliphatic carbocycles. The number of rotatable bonds is 2. The van der Waals surface area contributed by atoms with Gasteiger partial charge in [0.05, 0.1) is 0 Å². The average molecular weight is 208 g/mol. The van der Waals surface area contributed by atoms with Crippen LogP contribution in [-0.4, -0.2) is 37.1 Å². The van der Waals surface area contributed by atoms with E-state index in [1.807, 2.05) is 0 Å². The summed E-state index contributed by atoms with van der Waals surface area (Å²) in [7, 11) is 0. The van der Waals surface area contributed by atoms with Crippen LogP contribution < -0.4 is 5.32 Å². The van der Waals surface area contributed by atoms with Crippen LogP contribution in [0.5, 0.6) is 0 Å². The fourth-order valence-corrected chi connectivity index (χ4v) is 2.75. The van der Waals surface area contributed by atoms with Gasteiger partial charge in [0.1, 0.15) is 0 Å². The van der Waals surface area contributed by atoms with Crippen molar-refractivity contribution in [2.45, 2.75) is 38.6 Å². The number of hydrogen-bond donors (Lipinski definition) is 1. The van der Waals surface area contributed by atoms with Crippen molar-refractivity contribution in [1.82, 2.24) is 10.2 Å². The molecule has 1 fully saturated rings. The predicted octanol–water partition coefficient (Wildman–Crippen LogP) is 2.03. The zero-order chi connectivity index (χ0) is 10.5. The van der Waals surface area contributed by atoms with E-state index in [9.17, 15) is 0 Å². The Bertz CT molecular complexity index is 213. The van der Waals surface area contributed by atoms with Crippen LogP contribution in [0.2, 0.25) is 0 Å². The third kappa shape index (κ3) is 3.62. The third-order valence-corrected chi connectivity index (χ3v) is 3.57. The monoisotopic (exact) mass is 208 g/mol. The lowest BCUT2D eigenvalue weighted by molar-refractivity contribution is 0.222. The van der Waals surface area contributed by atoms with E-state index in [0.717, 1.165) is 5.92 Å². The molecule has 2 atom stereocenters. The molecule has 0 saturated carbocycles. The van der Waals surface area contributed by atoms with Gasteiger partial charge >= 0.3 is 0 Å². The van der Waals surface area contributed by atoms with Crippen LogP contribution in [0.15, 0.2) is 12.2 Å². The van der Waals surface area contributed by atoms with Crippen LogP contribution in [0.4, 0.5) is 0 Å². The Hall–Kier alpha value is -0.340. The van der Waals surface area contributed by atoms with E-state index in [0.29, 0.717) is 6.04 Å². The molecule has 0 aromatic heterocycles. The zero-order valence-electron chi connectivity index (χ0n) is 9.91. The molecule has 0 aromatic carbocycles. The standard InChI is InChI=1S/C13H24N2/c1-12-10-15(9-5-8-14-12)11-13-6-3-2-4-7-13/h2-3,12-14H,4-11H2,1H3. The molecule has 0 spiro atoms. The van der Waals surface area contributed by atoms with Crippen molar-refractivity contribution in [3.63, 3.8) is 0 Å². The maximum Gasteiger partial charge on any atom is 0.0166 e. The van der Waals surface area contributed by atoms with Crippen LogP contribution in [0, 0.1) is 5.92 Å². The highest BCUT2D eigenvalue weighted by molar-refractivity contribution is 4.91. The topological polar surface area (TPSA) is 15.3 Å². The van der Waals surface area contributed by atoms with E-state index in [1.54, 1.807) is 0 Å². The first-order valence-corrected chi connectivity index (χ1v) is 6.45. The quantitative estimate of drug-likeness (QED) is 0.699. The summed E-state index contributed by atoms with van der Waals surface area (Å²) in [5.74, 6) is 0.917. The second-order valence-corrected chi connectivity index (χ2v) is 5.12. The van der Waals surface area contributed by atoms with E-state index >= 15 is 0 Å². The van der Waals surface area contributed by atoms with E-state index < -0.39 is 0 Å². The highest BCUT2D eigenvalue weighted by Crippen LogP contribution is 2.19. The molecule has 1 N–H and O–H groups in total. The molecule has 15 heavy (non-hydrogen) atoms. The summed E-state index contributed by atoms with van der Waals surface area (Å²) in [6, 6.07) is 0.673. The van der Waals surface area contributed by atoms with Gasteiger partial charge in [-0.2, -0.15) is 0 Å². The molecule has 1 aliphatic heterocycles. The van der Waals surface area contributed by atoms with Gasteiger partial charge in [-0.15, -0.1) is 0 Å². The minimum Gasteiger partial charge on any atom is -0.313 e. The van der Waals surface area contributed by atoms with E-state index in [2.05, 4.69) is 29.3 Å². The van der Waals surface area contributed by atoms with Crippen molar-refractivity contribution in [3.8, 4) is 0 Å². The van der Waals surface area contributed by atoms with E-state index in [-0.39, 0.29) is 0 Å². The summed E-state index contributed by atoms with van der Waals surface area (Å²) >= 11 is 0. The lowest BCUT2D eigenvalue weighted by atomic mass is 9.94. The van der Waals surface area contributed by atoms with Crippen molar-refractivity contribution < 1.29 is 0 Å². The second-order valence-electron chi connectivity index (χ2n) is 5.12. The zero-order valence-corrected chi connectivity index (χ0v) is 9.91. The van der Waals surface area contributed by atoms with Crippen molar-refractivity contribution in [2.75, 3.05) is 26.2 Å². The number of nitrogens with one attached hydrogen (secondary N) is 1. The molecule has 0 bridgehead atoms. The molecular weight excluding hydrogens is 184 g/mol. The van der Waals surface area contributed by atoms with Gasteiger partial charge in [-0.1, -0.05) is 12.2 Å². The summed E-state index contributed by atoms with van der Waals surface area (Å²) < 4.78 is 0. The Labute approximate surface area is 93.7 Å². The lowest BCUT2D eigenvalue weighted by Crippen LogP contribution is -2.37. The van der Waals surface area contributed by atoms with Crippen LogP contribution in [0.3, 0.4) is 0 Å². The first-order valence-electron chi connectivity index (χ1n) is 6.45. The molecular formula is C13H24N2.